The summed E-state index contributed by atoms with van der Waals surface area (Å²) >= 11 is 0. The first-order valence-corrected chi connectivity index (χ1v) is 4.14. The molecule has 0 aliphatic rings. The van der Waals surface area contributed by atoms with Crippen molar-refractivity contribution in [2.75, 3.05) is 0 Å². The van der Waals surface area contributed by atoms with E-state index in [2.05, 4.69) is 22.1 Å². The van der Waals surface area contributed by atoms with E-state index in [1.54, 1.807) is 0 Å². The molecule has 0 aliphatic carbocycles. The summed E-state index contributed by atoms with van der Waals surface area (Å²) in [6.45, 7) is 2.10. The number of H-pyrrole nitrogens is 2. The normalized spacial score (nSPS) is 13.2. The summed E-state index contributed by atoms with van der Waals surface area (Å²) in [5.41, 5.74) is 5.45. The van der Waals surface area contributed by atoms with Gasteiger partial charge >= 0.3 is 5.69 Å². The Bertz CT molecular complexity index is 277. The molecule has 0 bridgehead atoms. The van der Waals surface area contributed by atoms with Gasteiger partial charge in [0.1, 0.15) is 5.82 Å². The second kappa shape index (κ2) is 4.06. The third-order valence-electron chi connectivity index (χ3n) is 1.74. The van der Waals surface area contributed by atoms with Gasteiger partial charge in [-0.3, -0.25) is 4.98 Å². The summed E-state index contributed by atoms with van der Waals surface area (Å²) < 4.78 is 0. The zero-order chi connectivity index (χ0) is 8.97. The maximum atomic E-state index is 10.6. The highest BCUT2D eigenvalue weighted by molar-refractivity contribution is 4.88. The Balaban J connectivity index is 2.53. The molecule has 0 aliphatic heterocycles. The Hall–Kier alpha value is -1.10. The lowest BCUT2D eigenvalue weighted by Crippen LogP contribution is -2.13. The highest BCUT2D eigenvalue weighted by atomic mass is 16.1. The standard InChI is InChI=1S/C7H14N4O/c1-2-3-4-5(8)6-9-7(12)11-10-6/h5H,2-4,8H2,1H3,(H2,9,10,11,12)/t5-/m0/s1. The van der Waals surface area contributed by atoms with Crippen LogP contribution in [0, 0.1) is 0 Å². The van der Waals surface area contributed by atoms with Gasteiger partial charge in [-0.25, -0.2) is 9.89 Å². The molecule has 0 saturated heterocycles. The first kappa shape index (κ1) is 8.99. The van der Waals surface area contributed by atoms with Crippen LogP contribution in [0.2, 0.25) is 0 Å². The molecule has 68 valence electrons. The van der Waals surface area contributed by atoms with Crippen molar-refractivity contribution >= 4 is 0 Å². The third kappa shape index (κ3) is 2.20. The zero-order valence-corrected chi connectivity index (χ0v) is 7.13. The van der Waals surface area contributed by atoms with Crippen LogP contribution in [0.5, 0.6) is 0 Å². The number of nitrogens with one attached hydrogen (secondary N) is 2. The predicted octanol–water partition coefficient (Wildman–Crippen LogP) is 0.288. The van der Waals surface area contributed by atoms with Gasteiger partial charge in [0.15, 0.2) is 0 Å². The lowest BCUT2D eigenvalue weighted by Gasteiger charge is -2.05. The Morgan fingerprint density at radius 2 is 2.42 bits per heavy atom. The number of nitrogens with two attached hydrogens (primary N) is 1. The minimum atomic E-state index is -0.294. The quantitative estimate of drug-likeness (QED) is 0.606. The molecular weight excluding hydrogens is 156 g/mol. The molecule has 0 unspecified atom stereocenters. The van der Waals surface area contributed by atoms with Gasteiger partial charge in [0.05, 0.1) is 6.04 Å². The Kier molecular flexibility index (Phi) is 3.04. The van der Waals surface area contributed by atoms with Crippen molar-refractivity contribution < 1.29 is 0 Å². The molecule has 1 heterocycles. The highest BCUT2D eigenvalue weighted by Crippen LogP contribution is 2.09. The monoisotopic (exact) mass is 170 g/mol. The maximum absolute atomic E-state index is 10.6. The topological polar surface area (TPSA) is 87.6 Å². The van der Waals surface area contributed by atoms with Gasteiger partial charge in [-0.05, 0) is 6.42 Å². The summed E-state index contributed by atoms with van der Waals surface area (Å²) in [5, 5.41) is 6.04. The van der Waals surface area contributed by atoms with E-state index in [0.717, 1.165) is 19.3 Å². The predicted molar refractivity (Wildman–Crippen MR) is 45.7 cm³/mol. The molecule has 0 spiro atoms. The average Bonchev–Trinajstić information content (AvgIpc) is 2.47. The SMILES string of the molecule is CCCC[C@H](N)c1n[nH]c(=O)[nH]1. The summed E-state index contributed by atoms with van der Waals surface area (Å²) in [7, 11) is 0. The molecule has 4 N–H and O–H groups in total. The maximum Gasteiger partial charge on any atom is 0.340 e. The number of aromatic nitrogens is 3. The number of aromatic amines is 2. The average molecular weight is 170 g/mol. The van der Waals surface area contributed by atoms with Crippen LogP contribution < -0.4 is 11.4 Å². The Morgan fingerprint density at radius 1 is 1.67 bits per heavy atom. The molecule has 1 atom stereocenters. The van der Waals surface area contributed by atoms with E-state index in [-0.39, 0.29) is 11.7 Å². The van der Waals surface area contributed by atoms with Gasteiger partial charge in [-0.2, -0.15) is 5.10 Å². The number of rotatable bonds is 4. The van der Waals surface area contributed by atoms with Gasteiger partial charge < -0.3 is 5.73 Å². The number of hydrogen-bond acceptors (Lipinski definition) is 3. The molecule has 1 aromatic rings. The van der Waals surface area contributed by atoms with Crippen molar-refractivity contribution in [3.8, 4) is 0 Å². The Labute approximate surface area is 70.4 Å². The molecule has 0 aromatic carbocycles. The van der Waals surface area contributed by atoms with Crippen molar-refractivity contribution in [1.29, 1.82) is 0 Å². The second-order valence-electron chi connectivity index (χ2n) is 2.81. The van der Waals surface area contributed by atoms with Gasteiger partial charge in [-0.15, -0.1) is 0 Å². The van der Waals surface area contributed by atoms with E-state index in [1.165, 1.54) is 0 Å². The van der Waals surface area contributed by atoms with Crippen molar-refractivity contribution in [3.63, 3.8) is 0 Å². The van der Waals surface area contributed by atoms with E-state index in [0.29, 0.717) is 5.82 Å². The fraction of sp³-hybridized carbons (Fsp3) is 0.714. The van der Waals surface area contributed by atoms with Crippen LogP contribution in [0.3, 0.4) is 0 Å². The summed E-state index contributed by atoms with van der Waals surface area (Å²) in [5.74, 6) is 0.549. The van der Waals surface area contributed by atoms with Crippen molar-refractivity contribution in [1.82, 2.24) is 15.2 Å². The lowest BCUT2D eigenvalue weighted by molar-refractivity contribution is 0.577. The van der Waals surface area contributed by atoms with E-state index >= 15 is 0 Å². The first-order chi connectivity index (χ1) is 5.74. The van der Waals surface area contributed by atoms with Crippen molar-refractivity contribution in [2.45, 2.75) is 32.2 Å². The van der Waals surface area contributed by atoms with Crippen LogP contribution in [-0.2, 0) is 0 Å². The number of nitrogens with zero attached hydrogens (tertiary/aromatic N) is 1. The molecule has 0 amide bonds. The molecule has 1 rings (SSSR count). The molecule has 5 heteroatoms. The van der Waals surface area contributed by atoms with Crippen LogP contribution in [0.1, 0.15) is 38.1 Å². The minimum Gasteiger partial charge on any atom is -0.321 e. The molecular formula is C7H14N4O. The zero-order valence-electron chi connectivity index (χ0n) is 7.13. The summed E-state index contributed by atoms with van der Waals surface area (Å²) in [4.78, 5) is 13.2. The second-order valence-corrected chi connectivity index (χ2v) is 2.81. The number of hydrogen-bond donors (Lipinski definition) is 3. The van der Waals surface area contributed by atoms with Crippen LogP contribution >= 0.6 is 0 Å². The largest absolute Gasteiger partial charge is 0.340 e. The molecule has 5 nitrogen and oxygen atoms in total. The summed E-state index contributed by atoms with van der Waals surface area (Å²) in [6, 6.07) is -0.149. The fourth-order valence-electron chi connectivity index (χ4n) is 1.02. The van der Waals surface area contributed by atoms with Crippen LogP contribution in [-0.4, -0.2) is 15.2 Å². The van der Waals surface area contributed by atoms with E-state index < -0.39 is 0 Å². The van der Waals surface area contributed by atoms with Crippen LogP contribution in [0.15, 0.2) is 4.79 Å². The molecule has 0 fully saturated rings. The van der Waals surface area contributed by atoms with Crippen LogP contribution in [0.4, 0.5) is 0 Å². The fourth-order valence-corrected chi connectivity index (χ4v) is 1.02. The van der Waals surface area contributed by atoms with E-state index in [1.807, 2.05) is 0 Å². The molecule has 1 aromatic heterocycles. The highest BCUT2D eigenvalue weighted by Gasteiger charge is 2.08. The molecule has 12 heavy (non-hydrogen) atoms. The van der Waals surface area contributed by atoms with E-state index in [9.17, 15) is 4.79 Å². The van der Waals surface area contributed by atoms with Gasteiger partial charge in [0.25, 0.3) is 0 Å². The Morgan fingerprint density at radius 3 is 2.92 bits per heavy atom. The lowest BCUT2D eigenvalue weighted by atomic mass is 10.1. The van der Waals surface area contributed by atoms with Crippen molar-refractivity contribution in [2.24, 2.45) is 5.73 Å². The van der Waals surface area contributed by atoms with Gasteiger partial charge in [0, 0.05) is 0 Å². The van der Waals surface area contributed by atoms with E-state index in [4.69, 9.17) is 5.73 Å². The molecule has 0 radical (unpaired) electrons. The van der Waals surface area contributed by atoms with Crippen molar-refractivity contribution in [3.05, 3.63) is 16.3 Å². The number of unbranched alkanes of at least 4 members (excludes halogenated alkanes) is 1. The van der Waals surface area contributed by atoms with Crippen LogP contribution in [0.25, 0.3) is 0 Å². The third-order valence-corrected chi connectivity index (χ3v) is 1.74. The van der Waals surface area contributed by atoms with Gasteiger partial charge in [-0.1, -0.05) is 19.8 Å². The van der Waals surface area contributed by atoms with Gasteiger partial charge in [0.2, 0.25) is 0 Å². The molecule has 0 saturated carbocycles. The summed E-state index contributed by atoms with van der Waals surface area (Å²) in [6.07, 6.45) is 3.01. The smallest absolute Gasteiger partial charge is 0.321 e. The first-order valence-electron chi connectivity index (χ1n) is 4.14. The minimum absolute atomic E-state index is 0.149.